The molecule has 0 aliphatic rings. The van der Waals surface area contributed by atoms with Crippen LogP contribution in [0.3, 0.4) is 0 Å². The van der Waals surface area contributed by atoms with Crippen molar-refractivity contribution in [1.82, 2.24) is 9.97 Å². The fourth-order valence-electron chi connectivity index (χ4n) is 1.37. The highest BCUT2D eigenvalue weighted by Crippen LogP contribution is 2.18. The Morgan fingerprint density at radius 3 is 2.89 bits per heavy atom. The van der Waals surface area contributed by atoms with E-state index in [0.717, 1.165) is 5.56 Å². The van der Waals surface area contributed by atoms with Crippen molar-refractivity contribution in [3.05, 3.63) is 40.9 Å². The van der Waals surface area contributed by atoms with Crippen LogP contribution in [0, 0.1) is 0 Å². The summed E-state index contributed by atoms with van der Waals surface area (Å²) >= 11 is 7.31. The number of hydrogen-bond donors (Lipinski definition) is 1. The minimum absolute atomic E-state index is 0.394. The number of hydrogen-bond acceptors (Lipinski definition) is 5. The summed E-state index contributed by atoms with van der Waals surface area (Å²) in [6, 6.07) is 9.08. The van der Waals surface area contributed by atoms with E-state index in [4.69, 9.17) is 22.1 Å². The SMILES string of the molecule is CSc1nc(N)cc(OCc2cccc(Cl)c2)n1. The van der Waals surface area contributed by atoms with E-state index in [1.807, 2.05) is 30.5 Å². The first-order valence-electron chi connectivity index (χ1n) is 5.23. The zero-order valence-corrected chi connectivity index (χ0v) is 11.3. The molecule has 0 spiro atoms. The summed E-state index contributed by atoms with van der Waals surface area (Å²) in [4.78, 5) is 8.26. The molecule has 18 heavy (non-hydrogen) atoms. The van der Waals surface area contributed by atoms with Crippen molar-refractivity contribution in [1.29, 1.82) is 0 Å². The van der Waals surface area contributed by atoms with E-state index in [-0.39, 0.29) is 0 Å². The normalized spacial score (nSPS) is 10.3. The summed E-state index contributed by atoms with van der Waals surface area (Å²) in [6.45, 7) is 0.394. The molecule has 0 saturated heterocycles. The van der Waals surface area contributed by atoms with Gasteiger partial charge in [-0.3, -0.25) is 0 Å². The molecule has 4 nitrogen and oxygen atoms in total. The van der Waals surface area contributed by atoms with Crippen molar-refractivity contribution in [3.63, 3.8) is 0 Å². The maximum absolute atomic E-state index is 5.89. The Bertz CT molecular complexity index is 551. The Hall–Kier alpha value is -1.46. The zero-order chi connectivity index (χ0) is 13.0. The van der Waals surface area contributed by atoms with Gasteiger partial charge in [0.15, 0.2) is 5.16 Å². The Labute approximate surface area is 115 Å². The number of benzene rings is 1. The Kier molecular flexibility index (Phi) is 4.28. The number of ether oxygens (including phenoxy) is 1. The number of rotatable bonds is 4. The molecule has 2 aromatic rings. The third kappa shape index (κ3) is 3.51. The van der Waals surface area contributed by atoms with Crippen LogP contribution in [0.15, 0.2) is 35.5 Å². The number of nitrogen functional groups attached to an aromatic ring is 1. The molecule has 94 valence electrons. The molecule has 0 aliphatic carbocycles. The fraction of sp³-hybridized carbons (Fsp3) is 0.167. The molecule has 0 radical (unpaired) electrons. The lowest BCUT2D eigenvalue weighted by Crippen LogP contribution is -2.01. The zero-order valence-electron chi connectivity index (χ0n) is 9.76. The summed E-state index contributed by atoms with van der Waals surface area (Å²) in [7, 11) is 0. The summed E-state index contributed by atoms with van der Waals surface area (Å²) in [5.41, 5.74) is 6.64. The van der Waals surface area contributed by atoms with Gasteiger partial charge in [0.1, 0.15) is 12.4 Å². The largest absolute Gasteiger partial charge is 0.473 e. The van der Waals surface area contributed by atoms with E-state index in [1.54, 1.807) is 6.07 Å². The van der Waals surface area contributed by atoms with Gasteiger partial charge >= 0.3 is 0 Å². The lowest BCUT2D eigenvalue weighted by molar-refractivity contribution is 0.291. The fourth-order valence-corrected chi connectivity index (χ4v) is 1.96. The van der Waals surface area contributed by atoms with Gasteiger partial charge in [-0.1, -0.05) is 35.5 Å². The van der Waals surface area contributed by atoms with Crippen molar-refractivity contribution in [2.45, 2.75) is 11.8 Å². The highest BCUT2D eigenvalue weighted by Gasteiger charge is 2.03. The molecule has 0 atom stereocenters. The van der Waals surface area contributed by atoms with Crippen LogP contribution in [0.2, 0.25) is 5.02 Å². The van der Waals surface area contributed by atoms with E-state index in [1.165, 1.54) is 11.8 Å². The molecule has 0 fully saturated rings. The predicted octanol–water partition coefficient (Wildman–Crippen LogP) is 3.01. The first-order valence-corrected chi connectivity index (χ1v) is 6.83. The monoisotopic (exact) mass is 281 g/mol. The molecule has 1 aromatic carbocycles. The number of thioether (sulfide) groups is 1. The third-order valence-corrected chi connectivity index (χ3v) is 2.94. The number of halogens is 1. The smallest absolute Gasteiger partial charge is 0.219 e. The number of nitrogens with two attached hydrogens (primary N) is 1. The van der Waals surface area contributed by atoms with Crippen molar-refractivity contribution in [3.8, 4) is 5.88 Å². The summed E-state index contributed by atoms with van der Waals surface area (Å²) in [5, 5.41) is 1.28. The van der Waals surface area contributed by atoms with E-state index >= 15 is 0 Å². The molecule has 6 heteroatoms. The molecule has 2 rings (SSSR count). The van der Waals surface area contributed by atoms with Gasteiger partial charge in [-0.2, -0.15) is 4.98 Å². The van der Waals surface area contributed by atoms with Crippen LogP contribution >= 0.6 is 23.4 Å². The number of anilines is 1. The average Bonchev–Trinajstić information content (AvgIpc) is 2.36. The van der Waals surface area contributed by atoms with Crippen LogP contribution < -0.4 is 10.5 Å². The van der Waals surface area contributed by atoms with Gasteiger partial charge < -0.3 is 10.5 Å². The molecular formula is C12H12ClN3OS. The second-order valence-electron chi connectivity index (χ2n) is 3.54. The lowest BCUT2D eigenvalue weighted by Gasteiger charge is -2.07. The van der Waals surface area contributed by atoms with E-state index < -0.39 is 0 Å². The van der Waals surface area contributed by atoms with Crippen molar-refractivity contribution in [2.24, 2.45) is 0 Å². The number of aromatic nitrogens is 2. The Balaban J connectivity index is 2.08. The minimum atomic E-state index is 0.394. The molecule has 1 aromatic heterocycles. The van der Waals surface area contributed by atoms with Crippen molar-refractivity contribution >= 4 is 29.2 Å². The standard InChI is InChI=1S/C12H12ClN3OS/c1-18-12-15-10(14)6-11(16-12)17-7-8-3-2-4-9(13)5-8/h2-6H,7H2,1H3,(H2,14,15,16). The molecule has 1 heterocycles. The van der Waals surface area contributed by atoms with Crippen LogP contribution in [0.25, 0.3) is 0 Å². The molecule has 0 aliphatic heterocycles. The summed E-state index contributed by atoms with van der Waals surface area (Å²) in [6.07, 6.45) is 1.88. The van der Waals surface area contributed by atoms with Crippen LogP contribution in [0.1, 0.15) is 5.56 Å². The second kappa shape index (κ2) is 5.93. The maximum Gasteiger partial charge on any atom is 0.219 e. The van der Waals surface area contributed by atoms with E-state index in [0.29, 0.717) is 28.5 Å². The third-order valence-electron chi connectivity index (χ3n) is 2.16. The first kappa shape index (κ1) is 13.0. The van der Waals surface area contributed by atoms with Gasteiger partial charge in [-0.15, -0.1) is 0 Å². The minimum Gasteiger partial charge on any atom is -0.473 e. The van der Waals surface area contributed by atoms with E-state index in [2.05, 4.69) is 9.97 Å². The molecule has 0 bridgehead atoms. The van der Waals surface area contributed by atoms with Gasteiger partial charge in [0.25, 0.3) is 0 Å². The van der Waals surface area contributed by atoms with Gasteiger partial charge in [0.2, 0.25) is 5.88 Å². The highest BCUT2D eigenvalue weighted by molar-refractivity contribution is 7.98. The highest BCUT2D eigenvalue weighted by atomic mass is 35.5. The summed E-state index contributed by atoms with van der Waals surface area (Å²) < 4.78 is 5.57. The van der Waals surface area contributed by atoms with E-state index in [9.17, 15) is 0 Å². The Morgan fingerprint density at radius 2 is 2.17 bits per heavy atom. The summed E-state index contributed by atoms with van der Waals surface area (Å²) in [5.74, 6) is 0.863. The van der Waals surface area contributed by atoms with Gasteiger partial charge in [-0.25, -0.2) is 4.98 Å². The van der Waals surface area contributed by atoms with Crippen LogP contribution in [-0.4, -0.2) is 16.2 Å². The van der Waals surface area contributed by atoms with Gasteiger partial charge in [-0.05, 0) is 24.0 Å². The van der Waals surface area contributed by atoms with Gasteiger partial charge in [0.05, 0.1) is 0 Å². The van der Waals surface area contributed by atoms with Crippen LogP contribution in [0.4, 0.5) is 5.82 Å². The Morgan fingerprint density at radius 1 is 1.33 bits per heavy atom. The van der Waals surface area contributed by atoms with Crippen LogP contribution in [0.5, 0.6) is 5.88 Å². The predicted molar refractivity (Wildman–Crippen MR) is 74.0 cm³/mol. The topological polar surface area (TPSA) is 61.0 Å². The number of nitrogens with zero attached hydrogens (tertiary/aromatic N) is 2. The molecule has 0 saturated carbocycles. The molecule has 0 amide bonds. The van der Waals surface area contributed by atoms with Crippen molar-refractivity contribution < 1.29 is 4.74 Å². The van der Waals surface area contributed by atoms with Crippen LogP contribution in [-0.2, 0) is 6.61 Å². The molecular weight excluding hydrogens is 270 g/mol. The average molecular weight is 282 g/mol. The first-order chi connectivity index (χ1) is 8.67. The molecule has 2 N–H and O–H groups in total. The quantitative estimate of drug-likeness (QED) is 0.689. The lowest BCUT2D eigenvalue weighted by atomic mass is 10.2. The van der Waals surface area contributed by atoms with Gasteiger partial charge in [0, 0.05) is 11.1 Å². The second-order valence-corrected chi connectivity index (χ2v) is 4.75. The maximum atomic E-state index is 5.89. The van der Waals surface area contributed by atoms with Crippen molar-refractivity contribution in [2.75, 3.05) is 12.0 Å². The molecule has 0 unspecified atom stereocenters.